The number of hydrogen-bond acceptors (Lipinski definition) is 4. The highest BCUT2D eigenvalue weighted by molar-refractivity contribution is 14.1. The van der Waals surface area contributed by atoms with E-state index in [1.165, 1.54) is 0 Å². The number of rotatable bonds is 5. The molecule has 12 heavy (non-hydrogen) atoms. The zero-order chi connectivity index (χ0) is 9.56. The minimum absolute atomic E-state index is 0.242. The minimum atomic E-state index is -0.605. The van der Waals surface area contributed by atoms with E-state index in [0.717, 1.165) is 0 Å². The standard InChI is InChI=1S/C7H12INO3/c1-5(2)6(10)12-4-3-9-7(8)11/h7,9,11H,1,3-4H2,2H3. The Kier molecular flexibility index (Phi) is 6.31. The highest BCUT2D eigenvalue weighted by Gasteiger charge is 2.02. The summed E-state index contributed by atoms with van der Waals surface area (Å²) in [6, 6.07) is 0. The van der Waals surface area contributed by atoms with Crippen molar-refractivity contribution in [2.75, 3.05) is 13.2 Å². The molecule has 0 aromatic carbocycles. The van der Waals surface area contributed by atoms with Gasteiger partial charge in [0.15, 0.2) is 4.23 Å². The van der Waals surface area contributed by atoms with Crippen LogP contribution in [-0.4, -0.2) is 28.5 Å². The maximum Gasteiger partial charge on any atom is 0.333 e. The fourth-order valence-electron chi connectivity index (χ4n) is 0.445. The first-order chi connectivity index (χ1) is 5.54. The van der Waals surface area contributed by atoms with E-state index in [1.807, 2.05) is 0 Å². The normalized spacial score (nSPS) is 12.2. The summed E-state index contributed by atoms with van der Waals surface area (Å²) in [6.45, 7) is 5.68. The number of esters is 1. The molecule has 70 valence electrons. The van der Waals surface area contributed by atoms with E-state index in [1.54, 1.807) is 29.5 Å². The Morgan fingerprint density at radius 3 is 2.83 bits per heavy atom. The summed E-state index contributed by atoms with van der Waals surface area (Å²) >= 11 is 1.80. The molecule has 5 heteroatoms. The van der Waals surface area contributed by atoms with E-state index in [9.17, 15) is 4.79 Å². The lowest BCUT2D eigenvalue weighted by atomic mass is 10.4. The van der Waals surface area contributed by atoms with Crippen molar-refractivity contribution in [1.29, 1.82) is 0 Å². The highest BCUT2D eigenvalue weighted by Crippen LogP contribution is 1.91. The van der Waals surface area contributed by atoms with Gasteiger partial charge in [-0.05, 0) is 29.5 Å². The molecule has 0 aromatic rings. The number of aliphatic hydroxyl groups excluding tert-OH is 1. The van der Waals surface area contributed by atoms with Crippen molar-refractivity contribution in [2.24, 2.45) is 0 Å². The van der Waals surface area contributed by atoms with E-state index in [4.69, 9.17) is 9.84 Å². The van der Waals surface area contributed by atoms with Gasteiger partial charge in [0.1, 0.15) is 6.61 Å². The number of hydrogen-bond donors (Lipinski definition) is 2. The van der Waals surface area contributed by atoms with Gasteiger partial charge >= 0.3 is 5.97 Å². The third-order valence-electron chi connectivity index (χ3n) is 0.996. The zero-order valence-corrected chi connectivity index (χ0v) is 9.00. The summed E-state index contributed by atoms with van der Waals surface area (Å²) in [5.41, 5.74) is 0.380. The van der Waals surface area contributed by atoms with Gasteiger partial charge in [-0.25, -0.2) is 4.79 Å². The van der Waals surface area contributed by atoms with Crippen LogP contribution >= 0.6 is 22.6 Å². The van der Waals surface area contributed by atoms with Crippen LogP contribution in [0.2, 0.25) is 0 Å². The van der Waals surface area contributed by atoms with Crippen molar-refractivity contribution < 1.29 is 14.6 Å². The van der Waals surface area contributed by atoms with Gasteiger partial charge < -0.3 is 9.84 Å². The predicted octanol–water partition coefficient (Wildman–Crippen LogP) is 0.406. The Hall–Kier alpha value is -0.140. The summed E-state index contributed by atoms with van der Waals surface area (Å²) in [7, 11) is 0. The molecule has 1 atom stereocenters. The number of aliphatic hydroxyl groups is 1. The third kappa shape index (κ3) is 6.56. The molecule has 0 bridgehead atoms. The van der Waals surface area contributed by atoms with Gasteiger partial charge in [-0.1, -0.05) is 6.58 Å². The molecule has 2 N–H and O–H groups in total. The number of nitrogens with one attached hydrogen (secondary N) is 1. The van der Waals surface area contributed by atoms with Gasteiger partial charge in [0.05, 0.1) is 0 Å². The Morgan fingerprint density at radius 2 is 2.42 bits per heavy atom. The molecule has 0 saturated carbocycles. The predicted molar refractivity (Wildman–Crippen MR) is 53.8 cm³/mol. The van der Waals surface area contributed by atoms with Crippen molar-refractivity contribution in [3.8, 4) is 0 Å². The van der Waals surface area contributed by atoms with Crippen LogP contribution in [0.4, 0.5) is 0 Å². The third-order valence-corrected chi connectivity index (χ3v) is 1.44. The Bertz CT molecular complexity index is 170. The van der Waals surface area contributed by atoms with Crippen molar-refractivity contribution in [1.82, 2.24) is 5.32 Å². The summed E-state index contributed by atoms with van der Waals surface area (Å²) in [5.74, 6) is -0.403. The molecule has 0 aromatic heterocycles. The molecule has 0 heterocycles. The maximum absolute atomic E-state index is 10.8. The fourth-order valence-corrected chi connectivity index (χ4v) is 0.756. The van der Waals surface area contributed by atoms with Gasteiger partial charge in [-0.3, -0.25) is 5.32 Å². The average Bonchev–Trinajstić information content (AvgIpc) is 1.97. The second kappa shape index (κ2) is 6.38. The molecule has 4 nitrogen and oxygen atoms in total. The number of carbonyl (C=O) groups excluding carboxylic acids is 1. The van der Waals surface area contributed by atoms with Crippen molar-refractivity contribution in [3.63, 3.8) is 0 Å². The van der Waals surface area contributed by atoms with Crippen LogP contribution in [-0.2, 0) is 9.53 Å². The number of ether oxygens (including phenoxy) is 1. The summed E-state index contributed by atoms with van der Waals surface area (Å²) < 4.78 is 4.13. The fraction of sp³-hybridized carbons (Fsp3) is 0.571. The van der Waals surface area contributed by atoms with Crippen LogP contribution in [0.5, 0.6) is 0 Å². The molecular weight excluding hydrogens is 273 g/mol. The first-order valence-electron chi connectivity index (χ1n) is 3.42. The average molecular weight is 285 g/mol. The lowest BCUT2D eigenvalue weighted by molar-refractivity contribution is -0.138. The molecule has 0 fully saturated rings. The monoisotopic (exact) mass is 285 g/mol. The topological polar surface area (TPSA) is 58.6 Å². The maximum atomic E-state index is 10.8. The summed E-state index contributed by atoms with van der Waals surface area (Å²) in [5, 5.41) is 11.4. The summed E-state index contributed by atoms with van der Waals surface area (Å²) in [4.78, 5) is 10.8. The molecule has 0 rings (SSSR count). The second-order valence-corrected chi connectivity index (χ2v) is 3.39. The van der Waals surface area contributed by atoms with Gasteiger partial charge in [0.25, 0.3) is 0 Å². The quantitative estimate of drug-likeness (QED) is 0.146. The lowest BCUT2D eigenvalue weighted by Gasteiger charge is -2.06. The van der Waals surface area contributed by atoms with E-state index < -0.39 is 10.2 Å². The van der Waals surface area contributed by atoms with Crippen LogP contribution in [0.25, 0.3) is 0 Å². The van der Waals surface area contributed by atoms with E-state index in [0.29, 0.717) is 12.1 Å². The zero-order valence-electron chi connectivity index (χ0n) is 6.84. The van der Waals surface area contributed by atoms with Crippen LogP contribution in [0, 0.1) is 0 Å². The van der Waals surface area contributed by atoms with Crippen LogP contribution < -0.4 is 5.32 Å². The van der Waals surface area contributed by atoms with Crippen LogP contribution in [0.3, 0.4) is 0 Å². The SMILES string of the molecule is C=C(C)C(=O)OCCNC(O)I. The molecule has 0 saturated heterocycles. The Labute approximate surface area is 85.1 Å². The summed E-state index contributed by atoms with van der Waals surface area (Å²) in [6.07, 6.45) is 0. The van der Waals surface area contributed by atoms with Crippen molar-refractivity contribution >= 4 is 28.6 Å². The number of halogens is 1. The molecule has 1 unspecified atom stereocenters. The molecular formula is C7H12INO3. The van der Waals surface area contributed by atoms with Crippen LogP contribution in [0.15, 0.2) is 12.2 Å². The Balaban J connectivity index is 3.32. The van der Waals surface area contributed by atoms with Gasteiger partial charge in [-0.15, -0.1) is 0 Å². The largest absolute Gasteiger partial charge is 0.461 e. The smallest absolute Gasteiger partial charge is 0.333 e. The van der Waals surface area contributed by atoms with Crippen LogP contribution in [0.1, 0.15) is 6.92 Å². The minimum Gasteiger partial charge on any atom is -0.461 e. The van der Waals surface area contributed by atoms with E-state index in [-0.39, 0.29) is 6.61 Å². The molecule has 0 aliphatic rings. The second-order valence-electron chi connectivity index (χ2n) is 2.21. The Morgan fingerprint density at radius 1 is 1.83 bits per heavy atom. The molecule has 0 aliphatic heterocycles. The molecule has 0 amide bonds. The number of carbonyl (C=O) groups is 1. The first-order valence-corrected chi connectivity index (χ1v) is 4.66. The lowest BCUT2D eigenvalue weighted by Crippen LogP contribution is -2.27. The number of alkyl halides is 1. The molecule has 0 radical (unpaired) electrons. The van der Waals surface area contributed by atoms with Gasteiger partial charge in [0.2, 0.25) is 0 Å². The molecule has 0 spiro atoms. The van der Waals surface area contributed by atoms with Gasteiger partial charge in [-0.2, -0.15) is 0 Å². The van der Waals surface area contributed by atoms with Gasteiger partial charge in [0, 0.05) is 12.1 Å². The highest BCUT2D eigenvalue weighted by atomic mass is 127. The van der Waals surface area contributed by atoms with E-state index in [2.05, 4.69) is 11.9 Å². The van der Waals surface area contributed by atoms with E-state index >= 15 is 0 Å². The molecule has 0 aliphatic carbocycles. The van der Waals surface area contributed by atoms with Crippen molar-refractivity contribution in [2.45, 2.75) is 11.2 Å². The van der Waals surface area contributed by atoms with Crippen molar-refractivity contribution in [3.05, 3.63) is 12.2 Å². The first kappa shape index (κ1) is 11.9.